The molecule has 0 unspecified atom stereocenters. The van der Waals surface area contributed by atoms with Gasteiger partial charge in [0, 0.05) is 15.5 Å². The number of fused-ring (bicyclic) bond motifs is 1. The first-order valence-electron chi connectivity index (χ1n) is 10.9. The molecule has 0 saturated heterocycles. The third-order valence-corrected chi connectivity index (χ3v) is 5.41. The lowest BCUT2D eigenvalue weighted by molar-refractivity contribution is 0.297. The normalized spacial score (nSPS) is 11.5. The van der Waals surface area contributed by atoms with Gasteiger partial charge in [-0.1, -0.05) is 48.7 Å². The predicted octanol–water partition coefficient (Wildman–Crippen LogP) is 5.48. The summed E-state index contributed by atoms with van der Waals surface area (Å²) in [4.78, 5) is 18.1. The molecule has 7 heteroatoms. The van der Waals surface area contributed by atoms with Crippen molar-refractivity contribution >= 4 is 33.0 Å². The van der Waals surface area contributed by atoms with Gasteiger partial charge in [0.25, 0.3) is 5.56 Å². The lowest BCUT2D eigenvalue weighted by atomic mass is 9.95. The molecule has 0 radical (unpaired) electrons. The van der Waals surface area contributed by atoms with Crippen LogP contribution in [0, 0.1) is 12.3 Å². The fourth-order valence-electron chi connectivity index (χ4n) is 3.47. The minimum atomic E-state index is -0.408. The van der Waals surface area contributed by atoms with Crippen LogP contribution in [0.15, 0.2) is 57.4 Å². The molecule has 6 nitrogen and oxygen atoms in total. The van der Waals surface area contributed by atoms with Gasteiger partial charge in [0.15, 0.2) is 11.5 Å². The van der Waals surface area contributed by atoms with E-state index in [0.29, 0.717) is 41.3 Å². The molecule has 34 heavy (non-hydrogen) atoms. The van der Waals surface area contributed by atoms with E-state index in [2.05, 4.69) is 33.5 Å². The quantitative estimate of drug-likeness (QED) is 0.223. The van der Waals surface area contributed by atoms with Crippen molar-refractivity contribution in [2.45, 2.75) is 39.5 Å². The van der Waals surface area contributed by atoms with Crippen molar-refractivity contribution < 1.29 is 9.47 Å². The zero-order valence-corrected chi connectivity index (χ0v) is 21.5. The molecule has 1 aromatic heterocycles. The third kappa shape index (κ3) is 5.57. The number of hydrogen-bond donors (Lipinski definition) is 0. The Morgan fingerprint density at radius 3 is 2.68 bits per heavy atom. The van der Waals surface area contributed by atoms with Gasteiger partial charge in [-0.2, -0.15) is 9.78 Å². The molecule has 0 atom stereocenters. The molecular weight excluding hydrogens is 494 g/mol. The molecule has 0 aliphatic rings. The maximum absolute atomic E-state index is 13.4. The van der Waals surface area contributed by atoms with Crippen LogP contribution in [-0.2, 0) is 11.8 Å². The lowest BCUT2D eigenvalue weighted by Gasteiger charge is -2.21. The summed E-state index contributed by atoms with van der Waals surface area (Å²) in [6.45, 7) is 12.3. The summed E-state index contributed by atoms with van der Waals surface area (Å²) in [6.07, 6.45) is 9.34. The second-order valence-electron chi connectivity index (χ2n) is 8.63. The molecule has 2 aromatic carbocycles. The van der Waals surface area contributed by atoms with Crippen molar-refractivity contribution in [3.63, 3.8) is 0 Å². The highest BCUT2D eigenvalue weighted by molar-refractivity contribution is 9.10. The van der Waals surface area contributed by atoms with E-state index in [1.165, 1.54) is 4.68 Å². The van der Waals surface area contributed by atoms with Crippen LogP contribution in [0.25, 0.3) is 10.9 Å². The van der Waals surface area contributed by atoms with Crippen molar-refractivity contribution in [2.75, 3.05) is 13.2 Å². The van der Waals surface area contributed by atoms with E-state index in [4.69, 9.17) is 20.9 Å². The van der Waals surface area contributed by atoms with Crippen molar-refractivity contribution in [1.29, 1.82) is 0 Å². The predicted molar refractivity (Wildman–Crippen MR) is 141 cm³/mol. The largest absolute Gasteiger partial charge is 0.490 e. The highest BCUT2D eigenvalue weighted by atomic mass is 79.9. The smallest absolute Gasteiger partial charge is 0.282 e. The van der Waals surface area contributed by atoms with Crippen LogP contribution in [0.4, 0.5) is 0 Å². The Morgan fingerprint density at radius 1 is 1.26 bits per heavy atom. The number of halogens is 1. The summed E-state index contributed by atoms with van der Waals surface area (Å²) in [7, 11) is 0. The zero-order chi connectivity index (χ0) is 24.9. The second kappa shape index (κ2) is 10.7. The molecule has 0 aliphatic carbocycles. The molecule has 3 aromatic rings. The third-order valence-electron chi connectivity index (χ3n) is 4.92. The van der Waals surface area contributed by atoms with Gasteiger partial charge in [-0.05, 0) is 49.2 Å². The minimum absolute atomic E-state index is 0.125. The van der Waals surface area contributed by atoms with E-state index in [1.807, 2.05) is 52.0 Å². The van der Waals surface area contributed by atoms with E-state index in [9.17, 15) is 4.79 Å². The van der Waals surface area contributed by atoms with Crippen molar-refractivity contribution in [3.05, 3.63) is 74.8 Å². The Hall–Kier alpha value is -3.37. The molecular formula is C27H28BrN3O3. The molecule has 0 fully saturated rings. The van der Waals surface area contributed by atoms with Crippen molar-refractivity contribution in [3.8, 4) is 23.8 Å². The van der Waals surface area contributed by atoms with Crippen molar-refractivity contribution in [2.24, 2.45) is 5.10 Å². The number of hydrogen-bond acceptors (Lipinski definition) is 5. The average Bonchev–Trinajstić information content (AvgIpc) is 2.78. The summed E-state index contributed by atoms with van der Waals surface area (Å²) in [6, 6.07) is 9.20. The van der Waals surface area contributed by atoms with Crippen LogP contribution in [0.1, 0.15) is 44.6 Å². The molecule has 0 N–H and O–H groups in total. The SMILES string of the molecule is C#CCOc1c(CC=C)cc(C=Nn2c(C(C)(C)C)nc3ccc(Br)cc3c2=O)cc1OCC. The Balaban J connectivity index is 2.19. The van der Waals surface area contributed by atoms with E-state index in [0.717, 1.165) is 15.6 Å². The van der Waals surface area contributed by atoms with E-state index in [1.54, 1.807) is 18.4 Å². The van der Waals surface area contributed by atoms with Gasteiger partial charge in [0.05, 0.1) is 23.7 Å². The van der Waals surface area contributed by atoms with Crippen LogP contribution in [-0.4, -0.2) is 29.1 Å². The lowest BCUT2D eigenvalue weighted by Crippen LogP contribution is -2.29. The van der Waals surface area contributed by atoms with Gasteiger partial charge in [-0.3, -0.25) is 4.79 Å². The first-order valence-corrected chi connectivity index (χ1v) is 11.7. The highest BCUT2D eigenvalue weighted by Gasteiger charge is 2.23. The highest BCUT2D eigenvalue weighted by Crippen LogP contribution is 2.33. The Labute approximate surface area is 208 Å². The minimum Gasteiger partial charge on any atom is -0.490 e. The molecule has 0 saturated carbocycles. The van der Waals surface area contributed by atoms with Gasteiger partial charge in [-0.15, -0.1) is 13.0 Å². The number of allylic oxidation sites excluding steroid dienone is 1. The standard InChI is InChI=1S/C27H28BrN3O3/c1-7-10-19-14-18(15-23(33-9-3)24(19)34-13-8-2)17-29-31-25(32)21-16-20(28)11-12-22(21)30-26(31)27(4,5)6/h2,7,11-12,14-17H,1,9-10,13H2,3-6H3. The van der Waals surface area contributed by atoms with E-state index in [-0.39, 0.29) is 12.2 Å². The number of ether oxygens (including phenoxy) is 2. The van der Waals surface area contributed by atoms with Gasteiger partial charge >= 0.3 is 0 Å². The molecule has 0 spiro atoms. The first kappa shape index (κ1) is 25.3. The topological polar surface area (TPSA) is 65.7 Å². The number of rotatable bonds is 8. The summed E-state index contributed by atoms with van der Waals surface area (Å²) in [5, 5.41) is 5.05. The van der Waals surface area contributed by atoms with E-state index >= 15 is 0 Å². The van der Waals surface area contributed by atoms with Crippen LogP contribution in [0.2, 0.25) is 0 Å². The molecule has 0 aliphatic heterocycles. The molecule has 3 rings (SSSR count). The average molecular weight is 522 g/mol. The Bertz CT molecular complexity index is 1340. The van der Waals surface area contributed by atoms with Crippen LogP contribution >= 0.6 is 15.9 Å². The first-order chi connectivity index (χ1) is 16.2. The maximum atomic E-state index is 13.4. The van der Waals surface area contributed by atoms with Gasteiger partial charge in [0.2, 0.25) is 0 Å². The fraction of sp³-hybridized carbons (Fsp3) is 0.296. The van der Waals surface area contributed by atoms with Gasteiger partial charge in [-0.25, -0.2) is 4.98 Å². The summed E-state index contributed by atoms with van der Waals surface area (Å²) >= 11 is 3.43. The summed E-state index contributed by atoms with van der Waals surface area (Å²) in [5.74, 6) is 4.19. The summed E-state index contributed by atoms with van der Waals surface area (Å²) < 4.78 is 13.7. The number of terminal acetylenes is 1. The summed E-state index contributed by atoms with van der Waals surface area (Å²) in [5.41, 5.74) is 1.59. The Kier molecular flexibility index (Phi) is 7.95. The molecule has 176 valence electrons. The fourth-order valence-corrected chi connectivity index (χ4v) is 3.83. The van der Waals surface area contributed by atoms with E-state index < -0.39 is 5.41 Å². The van der Waals surface area contributed by atoms with Crippen LogP contribution in [0.3, 0.4) is 0 Å². The van der Waals surface area contributed by atoms with Gasteiger partial charge in [0.1, 0.15) is 12.4 Å². The number of aromatic nitrogens is 2. The van der Waals surface area contributed by atoms with Gasteiger partial charge < -0.3 is 9.47 Å². The molecule has 0 amide bonds. The van der Waals surface area contributed by atoms with Crippen LogP contribution < -0.4 is 15.0 Å². The molecule has 1 heterocycles. The second-order valence-corrected chi connectivity index (χ2v) is 9.55. The zero-order valence-electron chi connectivity index (χ0n) is 19.9. The van der Waals surface area contributed by atoms with Crippen molar-refractivity contribution in [1.82, 2.24) is 9.66 Å². The number of benzene rings is 2. The number of nitrogens with zero attached hydrogens (tertiary/aromatic N) is 3. The monoisotopic (exact) mass is 521 g/mol. The molecule has 0 bridgehead atoms. The Morgan fingerprint density at radius 2 is 2.03 bits per heavy atom. The van der Waals surface area contributed by atoms with Crippen LogP contribution in [0.5, 0.6) is 11.5 Å². The maximum Gasteiger partial charge on any atom is 0.282 e.